The van der Waals surface area contributed by atoms with E-state index in [1.807, 2.05) is 12.1 Å². The Hall–Kier alpha value is -0.930. The number of likely N-dealkylation sites (N-methyl/N-ethyl adjacent to an activating group) is 1. The van der Waals surface area contributed by atoms with Gasteiger partial charge in [0.1, 0.15) is 10.9 Å². The number of hydrazine groups is 1. The molecule has 0 amide bonds. The molecule has 1 aromatic heterocycles. The second-order valence-corrected chi connectivity index (χ2v) is 5.17. The molecular formula is C11H16N4S. The summed E-state index contributed by atoms with van der Waals surface area (Å²) in [6, 6.07) is 6.06. The summed E-state index contributed by atoms with van der Waals surface area (Å²) in [5.74, 6) is 0. The van der Waals surface area contributed by atoms with Crippen molar-refractivity contribution in [1.29, 1.82) is 5.26 Å². The van der Waals surface area contributed by atoms with E-state index in [-0.39, 0.29) is 0 Å². The lowest BCUT2D eigenvalue weighted by molar-refractivity contribution is 0.102. The van der Waals surface area contributed by atoms with Crippen LogP contribution < -0.4 is 5.43 Å². The summed E-state index contributed by atoms with van der Waals surface area (Å²) in [7, 11) is 2.15. The van der Waals surface area contributed by atoms with Crippen molar-refractivity contribution in [1.82, 2.24) is 15.3 Å². The topological polar surface area (TPSA) is 42.3 Å². The Kier molecular flexibility index (Phi) is 3.91. The molecule has 0 bridgehead atoms. The second-order valence-electron chi connectivity index (χ2n) is 4.00. The summed E-state index contributed by atoms with van der Waals surface area (Å²) in [6.07, 6.45) is 0. The van der Waals surface area contributed by atoms with Gasteiger partial charge in [0.05, 0.1) is 0 Å². The van der Waals surface area contributed by atoms with Gasteiger partial charge in [-0.05, 0) is 19.2 Å². The molecule has 0 unspecified atom stereocenters. The van der Waals surface area contributed by atoms with E-state index in [9.17, 15) is 0 Å². The van der Waals surface area contributed by atoms with Crippen molar-refractivity contribution in [3.05, 3.63) is 21.9 Å². The lowest BCUT2D eigenvalue weighted by Gasteiger charge is -2.32. The van der Waals surface area contributed by atoms with Crippen LogP contribution in [0.1, 0.15) is 9.75 Å². The van der Waals surface area contributed by atoms with Crippen molar-refractivity contribution >= 4 is 11.3 Å². The largest absolute Gasteiger partial charge is 0.304 e. The van der Waals surface area contributed by atoms with Crippen LogP contribution in [0, 0.1) is 11.3 Å². The second kappa shape index (κ2) is 5.41. The van der Waals surface area contributed by atoms with Crippen molar-refractivity contribution in [2.45, 2.75) is 6.54 Å². The molecule has 1 fully saturated rings. The van der Waals surface area contributed by atoms with Crippen LogP contribution in [0.4, 0.5) is 0 Å². The Labute approximate surface area is 100 Å². The summed E-state index contributed by atoms with van der Waals surface area (Å²) in [5, 5.41) is 11.0. The maximum Gasteiger partial charge on any atom is 0.110 e. The molecule has 2 rings (SSSR count). The maximum atomic E-state index is 8.72. The molecule has 1 aliphatic heterocycles. The first-order valence-electron chi connectivity index (χ1n) is 5.44. The molecule has 0 saturated carbocycles. The highest BCUT2D eigenvalue weighted by Gasteiger charge is 2.13. The monoisotopic (exact) mass is 236 g/mol. The molecule has 0 atom stereocenters. The van der Waals surface area contributed by atoms with Crippen LogP contribution in [0.2, 0.25) is 0 Å². The van der Waals surface area contributed by atoms with Crippen molar-refractivity contribution < 1.29 is 0 Å². The minimum atomic E-state index is 0.787. The van der Waals surface area contributed by atoms with Gasteiger partial charge in [-0.3, -0.25) is 0 Å². The molecule has 16 heavy (non-hydrogen) atoms. The summed E-state index contributed by atoms with van der Waals surface area (Å²) in [4.78, 5) is 4.34. The van der Waals surface area contributed by atoms with E-state index in [2.05, 4.69) is 28.5 Å². The Morgan fingerprint density at radius 3 is 2.75 bits per heavy atom. The smallest absolute Gasteiger partial charge is 0.110 e. The average molecular weight is 236 g/mol. The van der Waals surface area contributed by atoms with Crippen LogP contribution in [0.3, 0.4) is 0 Å². The molecule has 1 saturated heterocycles. The number of rotatable bonds is 3. The van der Waals surface area contributed by atoms with Crippen LogP contribution in [-0.2, 0) is 6.54 Å². The molecule has 1 aliphatic rings. The number of nitrogens with one attached hydrogen (secondary N) is 1. The predicted octanol–water partition coefficient (Wildman–Crippen LogP) is 0.872. The molecule has 0 aliphatic carbocycles. The van der Waals surface area contributed by atoms with Gasteiger partial charge in [0.15, 0.2) is 0 Å². The van der Waals surface area contributed by atoms with Gasteiger partial charge < -0.3 is 4.90 Å². The van der Waals surface area contributed by atoms with E-state index < -0.39 is 0 Å². The van der Waals surface area contributed by atoms with E-state index in [1.165, 1.54) is 4.88 Å². The molecule has 1 N–H and O–H groups in total. The molecule has 0 radical (unpaired) electrons. The minimum absolute atomic E-state index is 0.787. The fraction of sp³-hybridized carbons (Fsp3) is 0.545. The Balaban J connectivity index is 1.77. The average Bonchev–Trinajstić information content (AvgIpc) is 2.76. The minimum Gasteiger partial charge on any atom is -0.304 e. The van der Waals surface area contributed by atoms with E-state index in [0.29, 0.717) is 0 Å². The third kappa shape index (κ3) is 3.03. The maximum absolute atomic E-state index is 8.72. The van der Waals surface area contributed by atoms with Gasteiger partial charge in [-0.15, -0.1) is 11.3 Å². The normalized spacial score (nSPS) is 18.5. The number of thiophene rings is 1. The number of nitriles is 1. The van der Waals surface area contributed by atoms with Crippen LogP contribution in [0.15, 0.2) is 12.1 Å². The Morgan fingerprint density at radius 2 is 2.12 bits per heavy atom. The van der Waals surface area contributed by atoms with Gasteiger partial charge in [-0.1, -0.05) is 0 Å². The number of hydrogen-bond acceptors (Lipinski definition) is 5. The molecule has 1 aromatic rings. The van der Waals surface area contributed by atoms with E-state index in [4.69, 9.17) is 5.26 Å². The van der Waals surface area contributed by atoms with Crippen molar-refractivity contribution in [3.8, 4) is 6.07 Å². The van der Waals surface area contributed by atoms with Gasteiger partial charge in [-0.2, -0.15) is 5.26 Å². The van der Waals surface area contributed by atoms with Crippen LogP contribution in [0.25, 0.3) is 0 Å². The third-order valence-electron chi connectivity index (χ3n) is 2.75. The van der Waals surface area contributed by atoms with Gasteiger partial charge in [0.2, 0.25) is 0 Å². The fourth-order valence-electron chi connectivity index (χ4n) is 1.69. The Bertz CT molecular complexity index is 374. The molecule has 86 valence electrons. The zero-order valence-electron chi connectivity index (χ0n) is 9.44. The Morgan fingerprint density at radius 1 is 1.38 bits per heavy atom. The molecule has 4 nitrogen and oxygen atoms in total. The lowest BCUT2D eigenvalue weighted by Crippen LogP contribution is -2.50. The van der Waals surface area contributed by atoms with E-state index in [0.717, 1.165) is 37.6 Å². The van der Waals surface area contributed by atoms with E-state index in [1.54, 1.807) is 11.3 Å². The molecular weight excluding hydrogens is 220 g/mol. The summed E-state index contributed by atoms with van der Waals surface area (Å²) in [6.45, 7) is 5.18. The molecule has 0 spiro atoms. The van der Waals surface area contributed by atoms with Crippen LogP contribution in [-0.4, -0.2) is 43.1 Å². The van der Waals surface area contributed by atoms with Gasteiger partial charge in [0.25, 0.3) is 0 Å². The van der Waals surface area contributed by atoms with Gasteiger partial charge in [-0.25, -0.2) is 10.4 Å². The van der Waals surface area contributed by atoms with Crippen molar-refractivity contribution in [3.63, 3.8) is 0 Å². The molecule has 2 heterocycles. The quantitative estimate of drug-likeness (QED) is 0.845. The summed E-state index contributed by atoms with van der Waals surface area (Å²) in [5.41, 5.74) is 3.40. The number of piperazine rings is 1. The zero-order valence-corrected chi connectivity index (χ0v) is 10.3. The predicted molar refractivity (Wildman–Crippen MR) is 64.9 cm³/mol. The summed E-state index contributed by atoms with van der Waals surface area (Å²) < 4.78 is 0. The fourth-order valence-corrected chi connectivity index (χ4v) is 2.42. The summed E-state index contributed by atoms with van der Waals surface area (Å²) >= 11 is 1.56. The van der Waals surface area contributed by atoms with Crippen molar-refractivity contribution in [2.75, 3.05) is 33.2 Å². The highest BCUT2D eigenvalue weighted by molar-refractivity contribution is 7.12. The van der Waals surface area contributed by atoms with Crippen molar-refractivity contribution in [2.24, 2.45) is 0 Å². The zero-order chi connectivity index (χ0) is 11.4. The molecule has 0 aromatic carbocycles. The third-order valence-corrected chi connectivity index (χ3v) is 3.74. The highest BCUT2D eigenvalue weighted by atomic mass is 32.1. The van der Waals surface area contributed by atoms with Gasteiger partial charge >= 0.3 is 0 Å². The highest BCUT2D eigenvalue weighted by Crippen LogP contribution is 2.14. The molecule has 5 heteroatoms. The standard InChI is InChI=1S/C11H16N4S/c1-14-4-6-15(7-5-14)13-9-11-3-2-10(8-12)16-11/h2-3,13H,4-7,9H2,1H3. The SMILES string of the molecule is CN1CCN(NCc2ccc(C#N)s2)CC1. The first kappa shape index (κ1) is 11.6. The van der Waals surface area contributed by atoms with E-state index >= 15 is 0 Å². The lowest BCUT2D eigenvalue weighted by atomic mass is 10.4. The van der Waals surface area contributed by atoms with Gasteiger partial charge in [0, 0.05) is 37.6 Å². The first-order chi connectivity index (χ1) is 7.78. The van der Waals surface area contributed by atoms with Crippen LogP contribution in [0.5, 0.6) is 0 Å². The first-order valence-corrected chi connectivity index (χ1v) is 6.25. The number of hydrogen-bond donors (Lipinski definition) is 1. The number of nitrogens with zero attached hydrogens (tertiary/aromatic N) is 3. The van der Waals surface area contributed by atoms with Crippen LogP contribution >= 0.6 is 11.3 Å².